The van der Waals surface area contributed by atoms with Crippen LogP contribution in [0.3, 0.4) is 0 Å². The van der Waals surface area contributed by atoms with E-state index in [1.807, 2.05) is 78.8 Å². The second-order valence-corrected chi connectivity index (χ2v) is 40.8. The van der Waals surface area contributed by atoms with Crippen LogP contribution < -0.4 is 69.1 Å². The molecule has 6 aromatic heterocycles. The summed E-state index contributed by atoms with van der Waals surface area (Å²) >= 11 is 15.3. The number of hydrogen-bond donors (Lipinski definition) is 1. The molecule has 18 aromatic rings. The number of aromatic nitrogens is 8. The van der Waals surface area contributed by atoms with Gasteiger partial charge in [0.05, 0.1) is 29.1 Å². The quantitative estimate of drug-likeness (QED) is 0.0635. The molecule has 0 spiro atoms. The number of carbonyl (C=O) groups excluding carboxylic acids is 1. The number of fused-ring (bicyclic) bond motifs is 2. The number of ether oxygens (including phenoxy) is 1. The third kappa shape index (κ3) is 26.4. The maximum absolute atomic E-state index is 11.9. The number of halogens is 3. The number of hydrogen-bond acceptors (Lipinski definition) is 10. The third-order valence-electron chi connectivity index (χ3n) is 19.8. The fraction of sp³-hybridized carbons (Fsp3) is 0.0952. The minimum absolute atomic E-state index is 0. The maximum Gasteiger partial charge on any atom is 0.498 e. The fourth-order valence-corrected chi connectivity index (χ4v) is 23.1. The summed E-state index contributed by atoms with van der Waals surface area (Å²) in [6.07, 6.45) is 9.44. The van der Waals surface area contributed by atoms with Crippen molar-refractivity contribution in [1.29, 1.82) is 0 Å². The molecule has 0 unspecified atom stereocenters. The Labute approximate surface area is 776 Å². The molecule has 19 rings (SSSR count). The van der Waals surface area contributed by atoms with E-state index in [0.29, 0.717) is 21.3 Å². The Hall–Kier alpha value is -10.9. The molecule has 12 nitrogen and oxygen atoms in total. The number of benzene rings is 12. The van der Waals surface area contributed by atoms with Crippen molar-refractivity contribution in [2.45, 2.75) is 65.3 Å². The topological polar surface area (TPSA) is 143 Å². The Morgan fingerprint density at radius 1 is 0.381 bits per heavy atom. The summed E-state index contributed by atoms with van der Waals surface area (Å²) in [5.74, 6) is 0. The molecule has 1 saturated heterocycles. The molecule has 7 heterocycles. The number of aromatic amines is 1. The van der Waals surface area contributed by atoms with Gasteiger partial charge in [-0.3, -0.25) is 15.1 Å². The average molecular weight is 1920 g/mol. The Kier molecular flexibility index (Phi) is 35.2. The number of pyridine rings is 4. The van der Waals surface area contributed by atoms with Gasteiger partial charge in [0.1, 0.15) is 32.5 Å². The summed E-state index contributed by atoms with van der Waals surface area (Å²) in [7, 11) is -2.22. The molecule has 1 N–H and O–H groups in total. The smallest absolute Gasteiger partial charge is 0.442 e. The van der Waals surface area contributed by atoms with Gasteiger partial charge < -0.3 is 14.0 Å². The van der Waals surface area contributed by atoms with E-state index in [2.05, 4.69) is 415 Å². The molecule has 0 radical (unpaired) electrons. The van der Waals surface area contributed by atoms with Gasteiger partial charge in [-0.05, 0) is 190 Å². The van der Waals surface area contributed by atoms with E-state index < -0.39 is 50.5 Å². The summed E-state index contributed by atoms with van der Waals surface area (Å²) in [5.41, 5.74) is 4.32. The van der Waals surface area contributed by atoms with Crippen molar-refractivity contribution in [2.24, 2.45) is 0 Å². The largest absolute Gasteiger partial charge is 0.498 e. The molecule has 0 saturated carbocycles. The van der Waals surface area contributed by atoms with Crippen molar-refractivity contribution in [3.63, 3.8) is 0 Å². The van der Waals surface area contributed by atoms with Gasteiger partial charge in [-0.25, -0.2) is 14.8 Å². The minimum Gasteiger partial charge on any atom is -0.442 e. The first-order chi connectivity index (χ1) is 60.8. The van der Waals surface area contributed by atoms with E-state index in [9.17, 15) is 4.79 Å². The number of nitrogens with one attached hydrogen (secondary N) is 1. The monoisotopic (exact) mass is 1920 g/mol. The molecule has 0 aliphatic carbocycles. The molecule has 632 valence electrons. The number of carbonyl (C=O) groups is 1. The molecular weight excluding hydrogens is 1830 g/mol. The van der Waals surface area contributed by atoms with Crippen molar-refractivity contribution in [2.75, 3.05) is 0 Å². The second-order valence-electron chi connectivity index (χ2n) is 30.3. The van der Waals surface area contributed by atoms with Crippen LogP contribution in [0.2, 0.25) is 10.3 Å². The van der Waals surface area contributed by atoms with Gasteiger partial charge in [0, 0.05) is 66.3 Å². The molecule has 0 amide bonds. The zero-order valence-corrected chi connectivity index (χ0v) is 78.9. The van der Waals surface area contributed by atoms with Gasteiger partial charge in [0.2, 0.25) is 0 Å². The Morgan fingerprint density at radius 2 is 0.675 bits per heavy atom. The minimum atomic E-state index is -0.547. The first-order valence-corrected chi connectivity index (χ1v) is 47.7. The van der Waals surface area contributed by atoms with Crippen LogP contribution in [-0.4, -0.2) is 69.9 Å². The van der Waals surface area contributed by atoms with E-state index in [1.54, 1.807) is 37.1 Å². The van der Waals surface area contributed by atoms with Gasteiger partial charge in [-0.2, -0.15) is 14.9 Å². The van der Waals surface area contributed by atoms with Gasteiger partial charge in [0.15, 0.2) is 0 Å². The summed E-state index contributed by atoms with van der Waals surface area (Å²) in [5, 5.41) is 28.5. The van der Waals surface area contributed by atoms with Crippen molar-refractivity contribution < 1.29 is 39.3 Å². The summed E-state index contributed by atoms with van der Waals surface area (Å²) in [4.78, 5) is 28.4. The normalized spacial score (nSPS) is 12.2. The zero-order chi connectivity index (χ0) is 87.2. The molecule has 0 bridgehead atoms. The van der Waals surface area contributed by atoms with Gasteiger partial charge in [-0.1, -0.05) is 393 Å². The van der Waals surface area contributed by atoms with Crippen LogP contribution in [0.1, 0.15) is 48.5 Å². The molecule has 126 heavy (non-hydrogen) atoms. The zero-order valence-electron chi connectivity index (χ0n) is 70.6. The number of H-pyrrole nitrogens is 1. The SMILES string of the molecule is CC(C)(C)OC(=O)n1ncc2ncc(Br)cc21.CC1(C)OB(c2cccnc2Cl)OC1(C)C.Clc1ncccc1-c1cnc2cn[nH]c2c1.[Pd].c1ccc(P(c2ccccc2)c2ccccc2)cc1.c1ccc(P(c2ccccc2)c2ccccc2)cc1.c1ccc(P(c2ccccc2)c2ccccc2)cc1.c1ccc(P(c2ccccc2)c2ccccc2)cc1. The molecule has 21 heteroatoms. The van der Waals surface area contributed by atoms with Gasteiger partial charge in [0.25, 0.3) is 0 Å². The van der Waals surface area contributed by atoms with E-state index in [4.69, 9.17) is 37.2 Å². The van der Waals surface area contributed by atoms with Crippen LogP contribution in [0.15, 0.2) is 442 Å². The molecular formula is C105H94BBrCl2N8O4P4Pd. The Balaban J connectivity index is 0.000000134. The first-order valence-electron chi connectivity index (χ1n) is 40.7. The van der Waals surface area contributed by atoms with Crippen LogP contribution in [0, 0.1) is 0 Å². The van der Waals surface area contributed by atoms with Crippen LogP contribution in [0.25, 0.3) is 33.2 Å². The number of nitrogens with zero attached hydrogens (tertiary/aromatic N) is 7. The predicted octanol–water partition coefficient (Wildman–Crippen LogP) is 21.5. The van der Waals surface area contributed by atoms with E-state index >= 15 is 0 Å². The second kappa shape index (κ2) is 47.0. The maximum atomic E-state index is 11.9. The average Bonchev–Trinajstić information content (AvgIpc) is 1.60. The predicted molar refractivity (Wildman–Crippen MR) is 535 cm³/mol. The van der Waals surface area contributed by atoms with Crippen molar-refractivity contribution in [1.82, 2.24) is 39.9 Å². The summed E-state index contributed by atoms with van der Waals surface area (Å²) in [6.45, 7) is 13.5. The number of rotatable bonds is 14. The van der Waals surface area contributed by atoms with Gasteiger partial charge >= 0.3 is 13.2 Å². The van der Waals surface area contributed by atoms with Crippen molar-refractivity contribution in [3.05, 3.63) is 452 Å². The third-order valence-corrected chi connectivity index (χ3v) is 30.6. The van der Waals surface area contributed by atoms with Crippen LogP contribution in [0.4, 0.5) is 4.79 Å². The van der Waals surface area contributed by atoms with Gasteiger partial charge in [-0.15, -0.1) is 0 Å². The Bertz CT molecular complexity index is 5430. The molecule has 12 aromatic carbocycles. The molecule has 1 aliphatic heterocycles. The van der Waals surface area contributed by atoms with E-state index in [0.717, 1.165) is 32.1 Å². The van der Waals surface area contributed by atoms with E-state index in [1.165, 1.54) is 74.5 Å². The molecule has 0 atom stereocenters. The van der Waals surface area contributed by atoms with Crippen molar-refractivity contribution >= 4 is 175 Å². The summed E-state index contributed by atoms with van der Waals surface area (Å²) in [6, 6.07) is 140. The standard InChI is InChI=1S/4C18H15P.C11H15BClNO2.C11H12BrN3O2.C11H7ClN4.Pd/c4*1-4-10-16(11-5-1)19(17-12-6-2-7-13-17)18-14-8-3-9-15-18;1-10(2)11(3,4)16-12(15-10)8-6-5-7-14-9(8)13;1-11(2,3)17-10(16)15-9-4-7(12)5-13-8(9)6-14-15;12-11-8(2-1-3-13-11)7-4-9-10(14-5-7)6-15-16-9;/h4*1-15H;5-7H,1-4H3;4-6H,1-3H3;1-6H,(H,15,16);. The van der Waals surface area contributed by atoms with Crippen LogP contribution >= 0.6 is 70.8 Å². The van der Waals surface area contributed by atoms with E-state index in [-0.39, 0.29) is 31.6 Å². The summed E-state index contributed by atoms with van der Waals surface area (Å²) < 4.78 is 19.0. The molecule has 1 fully saturated rings. The molecule has 1 aliphatic rings. The van der Waals surface area contributed by atoms with Crippen molar-refractivity contribution in [3.8, 4) is 11.1 Å². The van der Waals surface area contributed by atoms with Crippen LogP contribution in [0.5, 0.6) is 0 Å². The fourth-order valence-electron chi connectivity index (χ4n) is 13.2. The first kappa shape index (κ1) is 94.2. The van der Waals surface area contributed by atoms with Crippen LogP contribution in [-0.2, 0) is 34.5 Å². The Morgan fingerprint density at radius 3 is 0.968 bits per heavy atom.